The number of benzene rings is 2. The molecular weight excluding hydrogens is 488 g/mol. The molecule has 0 fully saturated rings. The number of aliphatic hydroxyl groups is 1. The first-order valence-corrected chi connectivity index (χ1v) is 12.6. The molecule has 0 radical (unpaired) electrons. The third-order valence-corrected chi connectivity index (χ3v) is 7.64. The van der Waals surface area contributed by atoms with E-state index in [1.807, 2.05) is 43.3 Å². The summed E-state index contributed by atoms with van der Waals surface area (Å²) in [5.74, 6) is 1.34. The van der Waals surface area contributed by atoms with E-state index >= 15 is 0 Å². The lowest BCUT2D eigenvalue weighted by molar-refractivity contribution is -0.172. The Hall–Kier alpha value is -4.37. The maximum Gasteiger partial charge on any atom is 0.343 e. The highest BCUT2D eigenvalue weighted by atomic mass is 16.7. The number of carbonyl (C=O) groups excluding carboxylic acids is 1. The van der Waals surface area contributed by atoms with Crippen molar-refractivity contribution in [1.29, 1.82) is 0 Å². The van der Waals surface area contributed by atoms with Crippen molar-refractivity contribution < 1.29 is 28.8 Å². The van der Waals surface area contributed by atoms with Crippen LogP contribution in [0.3, 0.4) is 0 Å². The van der Waals surface area contributed by atoms with Gasteiger partial charge in [-0.25, -0.2) is 9.78 Å². The molecule has 0 aliphatic carbocycles. The van der Waals surface area contributed by atoms with Crippen LogP contribution in [0.5, 0.6) is 17.2 Å². The van der Waals surface area contributed by atoms with E-state index in [1.165, 1.54) is 0 Å². The molecule has 2 aromatic carbocycles. The summed E-state index contributed by atoms with van der Waals surface area (Å²) >= 11 is 0. The average molecular weight is 513 g/mol. The molecule has 38 heavy (non-hydrogen) atoms. The molecule has 0 bridgehead atoms. The Balaban J connectivity index is 1.42. The quantitative estimate of drug-likeness (QED) is 0.362. The summed E-state index contributed by atoms with van der Waals surface area (Å²) in [7, 11) is 0. The SMILES string of the molecule is CCOc1ccc(-c2ccc3nc4c(c5c3c2OCO5)Cn2c-4cc3c(c2=O)COC(=O)[C@]3(O)CC)cc1. The van der Waals surface area contributed by atoms with E-state index in [-0.39, 0.29) is 43.1 Å². The lowest BCUT2D eigenvalue weighted by Crippen LogP contribution is -2.44. The van der Waals surface area contributed by atoms with Gasteiger partial charge < -0.3 is 28.6 Å². The fourth-order valence-corrected chi connectivity index (χ4v) is 5.68. The Bertz CT molecular complexity index is 1720. The first kappa shape index (κ1) is 22.8. The molecule has 4 aromatic rings. The van der Waals surface area contributed by atoms with Crippen molar-refractivity contribution in [1.82, 2.24) is 9.55 Å². The highest BCUT2D eigenvalue weighted by Gasteiger charge is 2.45. The molecule has 0 amide bonds. The van der Waals surface area contributed by atoms with Crippen molar-refractivity contribution in [3.8, 4) is 39.8 Å². The van der Waals surface area contributed by atoms with Crippen LogP contribution in [0.4, 0.5) is 0 Å². The number of cyclic esters (lactones) is 1. The van der Waals surface area contributed by atoms with Crippen LogP contribution in [-0.2, 0) is 28.3 Å². The zero-order valence-corrected chi connectivity index (χ0v) is 20.9. The Morgan fingerprint density at radius 1 is 1.03 bits per heavy atom. The van der Waals surface area contributed by atoms with Crippen LogP contribution in [0, 0.1) is 0 Å². The van der Waals surface area contributed by atoms with Gasteiger partial charge in [0.2, 0.25) is 6.79 Å². The number of fused-ring (bicyclic) bond motifs is 5. The van der Waals surface area contributed by atoms with Crippen molar-refractivity contribution in [2.24, 2.45) is 0 Å². The Kier molecular flexibility index (Phi) is 4.84. The van der Waals surface area contributed by atoms with Crippen LogP contribution in [0.2, 0.25) is 0 Å². The van der Waals surface area contributed by atoms with E-state index in [0.29, 0.717) is 35.0 Å². The van der Waals surface area contributed by atoms with Gasteiger partial charge in [0, 0.05) is 16.7 Å². The predicted octanol–water partition coefficient (Wildman–Crippen LogP) is 3.87. The Morgan fingerprint density at radius 3 is 2.58 bits per heavy atom. The van der Waals surface area contributed by atoms with Gasteiger partial charge >= 0.3 is 5.97 Å². The van der Waals surface area contributed by atoms with Gasteiger partial charge in [-0.1, -0.05) is 19.1 Å². The molecule has 0 saturated heterocycles. The van der Waals surface area contributed by atoms with E-state index in [0.717, 1.165) is 27.8 Å². The van der Waals surface area contributed by atoms with E-state index in [1.54, 1.807) is 17.6 Å². The summed E-state index contributed by atoms with van der Waals surface area (Å²) in [5, 5.41) is 11.9. The fraction of sp³-hybridized carbons (Fsp3) is 0.276. The summed E-state index contributed by atoms with van der Waals surface area (Å²) in [6.45, 7) is 4.32. The highest BCUT2D eigenvalue weighted by molar-refractivity contribution is 6.00. The van der Waals surface area contributed by atoms with Crippen LogP contribution in [0.15, 0.2) is 47.3 Å². The number of carbonyl (C=O) groups is 1. The molecule has 9 heteroatoms. The van der Waals surface area contributed by atoms with Crippen LogP contribution < -0.4 is 19.8 Å². The first-order valence-electron chi connectivity index (χ1n) is 12.6. The van der Waals surface area contributed by atoms with Gasteiger partial charge in [0.15, 0.2) is 5.60 Å². The predicted molar refractivity (Wildman–Crippen MR) is 137 cm³/mol. The largest absolute Gasteiger partial charge is 0.494 e. The minimum Gasteiger partial charge on any atom is -0.494 e. The maximum atomic E-state index is 13.5. The third kappa shape index (κ3) is 2.99. The summed E-state index contributed by atoms with van der Waals surface area (Å²) in [5.41, 5.74) is 2.80. The minimum atomic E-state index is -1.87. The van der Waals surface area contributed by atoms with Gasteiger partial charge in [0.1, 0.15) is 23.9 Å². The minimum absolute atomic E-state index is 0.0201. The fourth-order valence-electron chi connectivity index (χ4n) is 5.68. The zero-order valence-electron chi connectivity index (χ0n) is 20.9. The van der Waals surface area contributed by atoms with E-state index in [4.69, 9.17) is 23.9 Å². The van der Waals surface area contributed by atoms with E-state index in [2.05, 4.69) is 0 Å². The number of nitrogens with zero attached hydrogens (tertiary/aromatic N) is 2. The standard InChI is InChI=1S/C29H24N2O7/c1-3-29(34)20-11-22-24-18(12-31(22)27(32)19(20)13-36-28(29)33)26-23-21(30-24)10-9-17(25(23)37-14-38-26)15-5-7-16(8-6-15)35-4-2/h5-11,34H,3-4,12-14H2,1-2H3/t29-/m0/s1. The normalized spacial score (nSPS) is 18.7. The molecular formula is C29H24N2O7. The molecule has 3 aliphatic heterocycles. The molecule has 1 N–H and O–H groups in total. The van der Waals surface area contributed by atoms with Crippen LogP contribution in [0.1, 0.15) is 37.0 Å². The number of esters is 1. The molecule has 2 aromatic heterocycles. The molecule has 0 saturated carbocycles. The molecule has 3 aliphatic rings. The van der Waals surface area contributed by atoms with Gasteiger partial charge in [0.05, 0.1) is 41.0 Å². The number of pyridine rings is 2. The van der Waals surface area contributed by atoms with Gasteiger partial charge in [-0.2, -0.15) is 0 Å². The Morgan fingerprint density at radius 2 is 1.82 bits per heavy atom. The summed E-state index contributed by atoms with van der Waals surface area (Å²) in [4.78, 5) is 30.9. The average Bonchev–Trinajstić information content (AvgIpc) is 3.31. The van der Waals surface area contributed by atoms with Crippen molar-refractivity contribution in [3.63, 3.8) is 0 Å². The van der Waals surface area contributed by atoms with Crippen LogP contribution in [-0.4, -0.2) is 34.0 Å². The number of ether oxygens (including phenoxy) is 4. The second-order valence-electron chi connectivity index (χ2n) is 9.57. The summed E-state index contributed by atoms with van der Waals surface area (Å²) < 4.78 is 24.4. The molecule has 1 atom stereocenters. The lowest BCUT2D eigenvalue weighted by atomic mass is 9.86. The van der Waals surface area contributed by atoms with E-state index < -0.39 is 11.6 Å². The second-order valence-corrected chi connectivity index (χ2v) is 9.57. The van der Waals surface area contributed by atoms with Crippen molar-refractivity contribution >= 4 is 16.9 Å². The van der Waals surface area contributed by atoms with Gasteiger partial charge in [-0.15, -0.1) is 0 Å². The smallest absolute Gasteiger partial charge is 0.343 e. The topological polar surface area (TPSA) is 109 Å². The van der Waals surface area contributed by atoms with Crippen LogP contribution >= 0.6 is 0 Å². The molecule has 5 heterocycles. The number of hydrogen-bond acceptors (Lipinski definition) is 8. The third-order valence-electron chi connectivity index (χ3n) is 7.64. The molecule has 0 unspecified atom stereocenters. The number of rotatable bonds is 4. The van der Waals surface area contributed by atoms with Crippen molar-refractivity contribution in [2.75, 3.05) is 13.4 Å². The first-order chi connectivity index (χ1) is 18.4. The van der Waals surface area contributed by atoms with Crippen molar-refractivity contribution in [3.05, 3.63) is 69.5 Å². The molecule has 0 spiro atoms. The maximum absolute atomic E-state index is 13.5. The van der Waals surface area contributed by atoms with Gasteiger partial charge in [-0.05, 0) is 49.2 Å². The molecule has 9 nitrogen and oxygen atoms in total. The van der Waals surface area contributed by atoms with Crippen molar-refractivity contribution in [2.45, 2.75) is 39.0 Å². The zero-order chi connectivity index (χ0) is 26.2. The van der Waals surface area contributed by atoms with Gasteiger partial charge in [-0.3, -0.25) is 4.79 Å². The highest BCUT2D eigenvalue weighted by Crippen LogP contribution is 2.49. The van der Waals surface area contributed by atoms with Crippen LogP contribution in [0.25, 0.3) is 33.4 Å². The second kappa shape index (κ2) is 8.06. The lowest BCUT2D eigenvalue weighted by Gasteiger charge is -2.31. The summed E-state index contributed by atoms with van der Waals surface area (Å²) in [6.07, 6.45) is 0.0864. The van der Waals surface area contributed by atoms with Gasteiger partial charge in [0.25, 0.3) is 5.56 Å². The monoisotopic (exact) mass is 512 g/mol. The van der Waals surface area contributed by atoms with E-state index in [9.17, 15) is 14.7 Å². The molecule has 192 valence electrons. The number of aromatic nitrogens is 2. The Labute approximate surface area is 217 Å². The summed E-state index contributed by atoms with van der Waals surface area (Å²) in [6, 6.07) is 13.4. The molecule has 7 rings (SSSR count). The number of hydrogen-bond donors (Lipinski definition) is 1.